The Bertz CT molecular complexity index is 1020. The normalized spacial score (nSPS) is 10.7. The van der Waals surface area contributed by atoms with Crippen molar-refractivity contribution in [3.8, 4) is 11.1 Å². The van der Waals surface area contributed by atoms with E-state index in [0.717, 1.165) is 27.6 Å². The third-order valence-corrected chi connectivity index (χ3v) is 4.38. The fourth-order valence-electron chi connectivity index (χ4n) is 3.13. The zero-order valence-corrected chi connectivity index (χ0v) is 13.7. The highest BCUT2D eigenvalue weighted by Gasteiger charge is 2.11. The molecule has 1 amide bonds. The number of rotatable bonds is 4. The molecule has 3 nitrogen and oxygen atoms in total. The lowest BCUT2D eigenvalue weighted by molar-refractivity contribution is 0.0952. The first kappa shape index (κ1) is 15.2. The van der Waals surface area contributed by atoms with Crippen LogP contribution in [0.15, 0.2) is 85.1 Å². The molecule has 3 heteroatoms. The third kappa shape index (κ3) is 3.04. The topological polar surface area (TPSA) is 44.9 Å². The van der Waals surface area contributed by atoms with Gasteiger partial charge in [-0.25, -0.2) is 0 Å². The Morgan fingerprint density at radius 1 is 0.840 bits per heavy atom. The van der Waals surface area contributed by atoms with Crippen molar-refractivity contribution < 1.29 is 4.79 Å². The highest BCUT2D eigenvalue weighted by Crippen LogP contribution is 2.23. The van der Waals surface area contributed by atoms with Gasteiger partial charge in [-0.1, -0.05) is 60.7 Å². The number of aromatic amines is 1. The molecule has 0 aliphatic heterocycles. The minimum Gasteiger partial charge on any atom is -0.361 e. The summed E-state index contributed by atoms with van der Waals surface area (Å²) in [5.74, 6) is -0.0620. The Balaban J connectivity index is 1.58. The van der Waals surface area contributed by atoms with Crippen LogP contribution in [-0.2, 0) is 6.54 Å². The summed E-state index contributed by atoms with van der Waals surface area (Å²) in [5.41, 5.74) is 5.06. The van der Waals surface area contributed by atoms with Crippen LogP contribution in [0.4, 0.5) is 0 Å². The molecular weight excluding hydrogens is 308 g/mol. The fraction of sp³-hybridized carbons (Fsp3) is 0.0455. The smallest absolute Gasteiger partial charge is 0.252 e. The summed E-state index contributed by atoms with van der Waals surface area (Å²) < 4.78 is 0. The van der Waals surface area contributed by atoms with Gasteiger partial charge in [0.05, 0.1) is 0 Å². The SMILES string of the molecule is O=C(NCc1ccccc1-c1ccccc1)c1cccc2[nH]ccc12. The van der Waals surface area contributed by atoms with Gasteiger partial charge in [0.15, 0.2) is 0 Å². The molecule has 122 valence electrons. The molecule has 0 saturated carbocycles. The van der Waals surface area contributed by atoms with Gasteiger partial charge in [0, 0.05) is 29.2 Å². The summed E-state index contributed by atoms with van der Waals surface area (Å²) in [6.45, 7) is 0.491. The molecule has 2 N–H and O–H groups in total. The molecule has 0 atom stereocenters. The van der Waals surface area contributed by atoms with E-state index in [-0.39, 0.29) is 5.91 Å². The van der Waals surface area contributed by atoms with Crippen molar-refractivity contribution in [2.45, 2.75) is 6.54 Å². The third-order valence-electron chi connectivity index (χ3n) is 4.38. The summed E-state index contributed by atoms with van der Waals surface area (Å²) in [5, 5.41) is 4.00. The summed E-state index contributed by atoms with van der Waals surface area (Å²) in [4.78, 5) is 15.8. The van der Waals surface area contributed by atoms with Gasteiger partial charge in [-0.15, -0.1) is 0 Å². The summed E-state index contributed by atoms with van der Waals surface area (Å²) in [6.07, 6.45) is 1.85. The second-order valence-corrected chi connectivity index (χ2v) is 5.95. The maximum Gasteiger partial charge on any atom is 0.252 e. The number of H-pyrrole nitrogens is 1. The molecule has 0 saturated heterocycles. The molecule has 0 spiro atoms. The Morgan fingerprint density at radius 3 is 2.52 bits per heavy atom. The van der Waals surface area contributed by atoms with Gasteiger partial charge in [0.2, 0.25) is 0 Å². The molecular formula is C22H18N2O. The lowest BCUT2D eigenvalue weighted by atomic mass is 9.99. The fourth-order valence-corrected chi connectivity index (χ4v) is 3.13. The molecule has 4 aromatic rings. The first-order chi connectivity index (χ1) is 12.3. The Morgan fingerprint density at radius 2 is 1.64 bits per heavy atom. The number of carbonyl (C=O) groups is 1. The van der Waals surface area contributed by atoms with Gasteiger partial charge in [0.25, 0.3) is 5.91 Å². The molecule has 25 heavy (non-hydrogen) atoms. The second-order valence-electron chi connectivity index (χ2n) is 5.95. The molecule has 0 aliphatic carbocycles. The van der Waals surface area contributed by atoms with Crippen LogP contribution < -0.4 is 5.32 Å². The highest BCUT2D eigenvalue weighted by atomic mass is 16.1. The molecule has 1 heterocycles. The number of amides is 1. The minimum absolute atomic E-state index is 0.0620. The summed E-state index contributed by atoms with van der Waals surface area (Å²) in [7, 11) is 0. The largest absolute Gasteiger partial charge is 0.361 e. The van der Waals surface area contributed by atoms with E-state index in [2.05, 4.69) is 34.6 Å². The van der Waals surface area contributed by atoms with E-state index in [0.29, 0.717) is 12.1 Å². The number of benzene rings is 3. The van der Waals surface area contributed by atoms with E-state index in [4.69, 9.17) is 0 Å². The molecule has 4 rings (SSSR count). The zero-order valence-electron chi connectivity index (χ0n) is 13.7. The highest BCUT2D eigenvalue weighted by molar-refractivity contribution is 6.06. The van der Waals surface area contributed by atoms with E-state index in [1.807, 2.05) is 60.8 Å². The van der Waals surface area contributed by atoms with Crippen LogP contribution in [0.25, 0.3) is 22.0 Å². The molecule has 0 aliphatic rings. The van der Waals surface area contributed by atoms with Crippen LogP contribution in [0.3, 0.4) is 0 Å². The van der Waals surface area contributed by atoms with Crippen molar-refractivity contribution in [2.24, 2.45) is 0 Å². The first-order valence-electron chi connectivity index (χ1n) is 8.30. The standard InChI is InChI=1S/C22H18N2O/c25-22(20-11-6-12-21-19(20)13-14-23-21)24-15-17-9-4-5-10-18(17)16-7-2-1-3-8-16/h1-14,23H,15H2,(H,24,25). The van der Waals surface area contributed by atoms with Crippen LogP contribution >= 0.6 is 0 Å². The Labute approximate surface area is 146 Å². The predicted molar refractivity (Wildman–Crippen MR) is 101 cm³/mol. The minimum atomic E-state index is -0.0620. The molecule has 0 radical (unpaired) electrons. The van der Waals surface area contributed by atoms with Gasteiger partial charge in [-0.2, -0.15) is 0 Å². The van der Waals surface area contributed by atoms with Crippen LogP contribution in [0, 0.1) is 0 Å². The number of hydrogen-bond acceptors (Lipinski definition) is 1. The number of nitrogens with one attached hydrogen (secondary N) is 2. The van der Waals surface area contributed by atoms with Crippen molar-refractivity contribution in [2.75, 3.05) is 0 Å². The van der Waals surface area contributed by atoms with Gasteiger partial charge in [0.1, 0.15) is 0 Å². The molecule has 0 fully saturated rings. The molecule has 1 aromatic heterocycles. The van der Waals surface area contributed by atoms with Crippen LogP contribution in [0.5, 0.6) is 0 Å². The van der Waals surface area contributed by atoms with Crippen molar-refractivity contribution >= 4 is 16.8 Å². The van der Waals surface area contributed by atoms with Crippen LogP contribution in [-0.4, -0.2) is 10.9 Å². The first-order valence-corrected chi connectivity index (χ1v) is 8.30. The monoisotopic (exact) mass is 326 g/mol. The summed E-state index contributed by atoms with van der Waals surface area (Å²) in [6, 6.07) is 26.0. The maximum absolute atomic E-state index is 12.7. The van der Waals surface area contributed by atoms with E-state index in [1.54, 1.807) is 0 Å². The predicted octanol–water partition coefficient (Wildman–Crippen LogP) is 4.76. The average molecular weight is 326 g/mol. The number of hydrogen-bond donors (Lipinski definition) is 2. The van der Waals surface area contributed by atoms with E-state index >= 15 is 0 Å². The molecule has 0 unspecified atom stereocenters. The van der Waals surface area contributed by atoms with E-state index in [9.17, 15) is 4.79 Å². The second kappa shape index (κ2) is 6.65. The summed E-state index contributed by atoms with van der Waals surface area (Å²) >= 11 is 0. The van der Waals surface area contributed by atoms with Crippen molar-refractivity contribution in [1.29, 1.82) is 0 Å². The van der Waals surface area contributed by atoms with E-state index in [1.165, 1.54) is 0 Å². The lowest BCUT2D eigenvalue weighted by Gasteiger charge is -2.11. The van der Waals surface area contributed by atoms with Crippen LogP contribution in [0.1, 0.15) is 15.9 Å². The van der Waals surface area contributed by atoms with Crippen molar-refractivity contribution in [3.63, 3.8) is 0 Å². The van der Waals surface area contributed by atoms with Crippen molar-refractivity contribution in [1.82, 2.24) is 10.3 Å². The Kier molecular flexibility index (Phi) is 4.05. The maximum atomic E-state index is 12.7. The number of fused-ring (bicyclic) bond motifs is 1. The van der Waals surface area contributed by atoms with Gasteiger partial charge in [-0.05, 0) is 34.9 Å². The van der Waals surface area contributed by atoms with Gasteiger partial charge in [-0.3, -0.25) is 4.79 Å². The van der Waals surface area contributed by atoms with Crippen molar-refractivity contribution in [3.05, 3.63) is 96.2 Å². The quantitative estimate of drug-likeness (QED) is 0.558. The molecule has 0 bridgehead atoms. The number of aromatic nitrogens is 1. The van der Waals surface area contributed by atoms with Crippen LogP contribution in [0.2, 0.25) is 0 Å². The molecule has 3 aromatic carbocycles. The number of carbonyl (C=O) groups excluding carboxylic acids is 1. The average Bonchev–Trinajstić information content (AvgIpc) is 3.16. The van der Waals surface area contributed by atoms with Gasteiger partial charge < -0.3 is 10.3 Å². The zero-order chi connectivity index (χ0) is 17.1. The van der Waals surface area contributed by atoms with E-state index < -0.39 is 0 Å². The Hall–Kier alpha value is -3.33. The lowest BCUT2D eigenvalue weighted by Crippen LogP contribution is -2.23. The van der Waals surface area contributed by atoms with Gasteiger partial charge >= 0.3 is 0 Å².